The summed E-state index contributed by atoms with van der Waals surface area (Å²) in [4.78, 5) is 10.7. The van der Waals surface area contributed by atoms with Crippen molar-refractivity contribution < 1.29 is 4.79 Å². The van der Waals surface area contributed by atoms with Crippen LogP contribution in [0, 0.1) is 0 Å². The Morgan fingerprint density at radius 2 is 1.78 bits per heavy atom. The van der Waals surface area contributed by atoms with Gasteiger partial charge >= 0.3 is 0 Å². The molecule has 1 nitrogen and oxygen atoms in total. The molecule has 0 unspecified atom stereocenters. The van der Waals surface area contributed by atoms with E-state index in [1.165, 1.54) is 0 Å². The van der Waals surface area contributed by atoms with E-state index in [-0.39, 0.29) is 0 Å². The summed E-state index contributed by atoms with van der Waals surface area (Å²) < 4.78 is 0. The highest BCUT2D eigenvalue weighted by atomic mass is 32.1. The largest absolute Gasteiger partial charge is 0.233 e. The van der Waals surface area contributed by atoms with E-state index in [2.05, 4.69) is 12.6 Å². The lowest BCUT2D eigenvalue weighted by Gasteiger charge is -1.95. The molecule has 0 rings (SSSR count). The highest BCUT2D eigenvalue weighted by Crippen LogP contribution is 2.14. The Kier molecular flexibility index (Phi) is 3.36. The fraction of sp³-hybridized carbons (Fsp3) is 0.429. The van der Waals surface area contributed by atoms with E-state index in [4.69, 9.17) is 0 Å². The molecule has 0 aliphatic carbocycles. The molecule has 50 valence electrons. The molecule has 0 aromatic heterocycles. The summed E-state index contributed by atoms with van der Waals surface area (Å²) in [6.45, 7) is 5.51. The quantitative estimate of drug-likeness (QED) is 0.336. The molecule has 0 radical (unpaired) electrons. The van der Waals surface area contributed by atoms with Gasteiger partial charge in [0.15, 0.2) is 0 Å². The second-order valence-corrected chi connectivity index (χ2v) is 2.52. The second-order valence-electron chi connectivity index (χ2n) is 2.08. The molecule has 2 heteroatoms. The predicted octanol–water partition coefficient (Wildman–Crippen LogP) is 1.99. The Labute approximate surface area is 60.9 Å². The normalized spacial score (nSPS) is 8.00. The number of hydrogen-bond acceptors (Lipinski definition) is 2. The first-order valence-electron chi connectivity index (χ1n) is 2.68. The van der Waals surface area contributed by atoms with Crippen molar-refractivity contribution >= 4 is 18.6 Å². The highest BCUT2D eigenvalue weighted by Gasteiger charge is 1.94. The van der Waals surface area contributed by atoms with Crippen LogP contribution in [-0.2, 0) is 4.79 Å². The van der Waals surface area contributed by atoms with E-state index < -0.39 is 0 Å². The first-order valence-corrected chi connectivity index (χ1v) is 3.12. The summed E-state index contributed by atoms with van der Waals surface area (Å²) in [6.07, 6.45) is 0. The minimum atomic E-state index is 0.568. The van der Waals surface area contributed by atoms with Gasteiger partial charge in [0.1, 0.15) is 5.94 Å². The first-order chi connectivity index (χ1) is 4.09. The molecule has 0 heterocycles. The maximum atomic E-state index is 10.0. The molecule has 0 bridgehead atoms. The van der Waals surface area contributed by atoms with Crippen molar-refractivity contribution in [3.8, 4) is 0 Å². The minimum Gasteiger partial charge on any atom is -0.233 e. The smallest absolute Gasteiger partial charge is 0.128 e. The molecule has 0 spiro atoms. The third kappa shape index (κ3) is 2.54. The maximum absolute atomic E-state index is 10.0. The monoisotopic (exact) mass is 142 g/mol. The predicted molar refractivity (Wildman–Crippen MR) is 42.2 cm³/mol. The van der Waals surface area contributed by atoms with Crippen LogP contribution in [0.5, 0.6) is 0 Å². The SMILES string of the molecule is CC(=C=O)C(S)=C(C)C. The minimum absolute atomic E-state index is 0.568. The van der Waals surface area contributed by atoms with Gasteiger partial charge in [0.25, 0.3) is 0 Å². The Morgan fingerprint density at radius 3 is 1.89 bits per heavy atom. The van der Waals surface area contributed by atoms with Crippen LogP contribution < -0.4 is 0 Å². The number of carbonyl (C=O) groups excluding carboxylic acids is 1. The van der Waals surface area contributed by atoms with E-state index in [0.717, 1.165) is 10.5 Å². The van der Waals surface area contributed by atoms with Gasteiger partial charge in [-0.05, 0) is 20.8 Å². The third-order valence-corrected chi connectivity index (χ3v) is 1.76. The molecule has 0 amide bonds. The molecular formula is C7H10OS. The summed E-state index contributed by atoms with van der Waals surface area (Å²) in [5, 5.41) is 0. The average molecular weight is 142 g/mol. The first kappa shape index (κ1) is 8.54. The van der Waals surface area contributed by atoms with Gasteiger partial charge in [-0.2, -0.15) is 0 Å². The van der Waals surface area contributed by atoms with Gasteiger partial charge in [-0.1, -0.05) is 5.57 Å². The van der Waals surface area contributed by atoms with E-state index >= 15 is 0 Å². The zero-order valence-corrected chi connectivity index (χ0v) is 6.75. The summed E-state index contributed by atoms with van der Waals surface area (Å²) >= 11 is 4.08. The van der Waals surface area contributed by atoms with Crippen LogP contribution in [0.3, 0.4) is 0 Å². The molecular weight excluding hydrogens is 132 g/mol. The van der Waals surface area contributed by atoms with Crippen LogP contribution >= 0.6 is 12.6 Å². The van der Waals surface area contributed by atoms with Crippen molar-refractivity contribution in [2.75, 3.05) is 0 Å². The summed E-state index contributed by atoms with van der Waals surface area (Å²) in [7, 11) is 0. The highest BCUT2D eigenvalue weighted by molar-refractivity contribution is 7.84. The van der Waals surface area contributed by atoms with Gasteiger partial charge in [-0.25, -0.2) is 4.79 Å². The summed E-state index contributed by atoms with van der Waals surface area (Å²) in [5.41, 5.74) is 1.61. The van der Waals surface area contributed by atoms with Crippen LogP contribution in [0.2, 0.25) is 0 Å². The molecule has 0 saturated carbocycles. The fourth-order valence-electron chi connectivity index (χ4n) is 0.423. The van der Waals surface area contributed by atoms with Gasteiger partial charge in [-0.15, -0.1) is 12.6 Å². The van der Waals surface area contributed by atoms with Crippen molar-refractivity contribution in [1.82, 2.24) is 0 Å². The second kappa shape index (κ2) is 3.54. The third-order valence-electron chi connectivity index (χ3n) is 0.982. The average Bonchev–Trinajstić information content (AvgIpc) is 1.84. The number of thiol groups is 1. The topological polar surface area (TPSA) is 17.1 Å². The van der Waals surface area contributed by atoms with Gasteiger partial charge < -0.3 is 0 Å². The lowest BCUT2D eigenvalue weighted by Crippen LogP contribution is -1.79. The number of rotatable bonds is 1. The van der Waals surface area contributed by atoms with Gasteiger partial charge in [-0.3, -0.25) is 0 Å². The van der Waals surface area contributed by atoms with Crippen molar-refractivity contribution in [1.29, 1.82) is 0 Å². The summed E-state index contributed by atoms with van der Waals surface area (Å²) in [5.74, 6) is 1.78. The van der Waals surface area contributed by atoms with Crippen LogP contribution in [0.4, 0.5) is 0 Å². The summed E-state index contributed by atoms with van der Waals surface area (Å²) in [6, 6.07) is 0. The maximum Gasteiger partial charge on any atom is 0.128 e. The van der Waals surface area contributed by atoms with E-state index in [1.54, 1.807) is 12.9 Å². The lowest BCUT2D eigenvalue weighted by atomic mass is 10.2. The molecule has 0 aromatic carbocycles. The molecule has 0 aliphatic heterocycles. The standard InChI is InChI=1S/C7H10OS/c1-5(2)7(9)6(3)4-8/h9H,1-3H3. The van der Waals surface area contributed by atoms with Crippen molar-refractivity contribution in [2.24, 2.45) is 0 Å². The van der Waals surface area contributed by atoms with Crippen molar-refractivity contribution in [3.05, 3.63) is 16.1 Å². The van der Waals surface area contributed by atoms with Crippen LogP contribution in [0.1, 0.15) is 20.8 Å². The molecule has 0 aliphatic rings. The molecule has 0 N–H and O–H groups in total. The van der Waals surface area contributed by atoms with Crippen LogP contribution in [-0.4, -0.2) is 5.94 Å². The zero-order chi connectivity index (χ0) is 7.44. The van der Waals surface area contributed by atoms with E-state index in [0.29, 0.717) is 5.57 Å². The number of allylic oxidation sites excluding steroid dienone is 2. The Morgan fingerprint density at radius 1 is 1.33 bits per heavy atom. The van der Waals surface area contributed by atoms with Crippen molar-refractivity contribution in [3.63, 3.8) is 0 Å². The van der Waals surface area contributed by atoms with E-state index in [1.807, 2.05) is 13.8 Å². The molecule has 0 aromatic rings. The van der Waals surface area contributed by atoms with Crippen LogP contribution in [0.15, 0.2) is 16.1 Å². The van der Waals surface area contributed by atoms with Gasteiger partial charge in [0, 0.05) is 10.5 Å². The van der Waals surface area contributed by atoms with E-state index in [9.17, 15) is 4.79 Å². The lowest BCUT2D eigenvalue weighted by molar-refractivity contribution is 0.567. The van der Waals surface area contributed by atoms with Crippen molar-refractivity contribution in [2.45, 2.75) is 20.8 Å². The Hall–Kier alpha value is -0.460. The molecule has 9 heavy (non-hydrogen) atoms. The number of hydrogen-bond donors (Lipinski definition) is 1. The Bertz CT molecular complexity index is 181. The van der Waals surface area contributed by atoms with Gasteiger partial charge in [0.2, 0.25) is 0 Å². The molecule has 0 atom stereocenters. The van der Waals surface area contributed by atoms with Crippen LogP contribution in [0.25, 0.3) is 0 Å². The molecule has 0 fully saturated rings. The Balaban J connectivity index is 4.60. The zero-order valence-electron chi connectivity index (χ0n) is 5.86. The van der Waals surface area contributed by atoms with Gasteiger partial charge in [0.05, 0.1) is 0 Å². The fourth-order valence-corrected chi connectivity index (χ4v) is 0.469. The molecule has 0 saturated heterocycles.